The summed E-state index contributed by atoms with van der Waals surface area (Å²) in [5.74, 6) is -1.97. The van der Waals surface area contributed by atoms with Gasteiger partial charge in [-0.1, -0.05) is 371 Å². The number of carboxylic acids is 1. The number of allylic oxidation sites excluding steroid dienone is 8. The van der Waals surface area contributed by atoms with Gasteiger partial charge in [-0.05, 0) is 77.0 Å². The Morgan fingerprint density at radius 3 is 0.871 bits per heavy atom. The maximum Gasteiger partial charge on any atom is 0.361 e. The molecule has 0 fully saturated rings. The lowest BCUT2D eigenvalue weighted by Crippen LogP contribution is -2.40. The van der Waals surface area contributed by atoms with Crippen molar-refractivity contribution in [1.82, 2.24) is 0 Å². The van der Waals surface area contributed by atoms with E-state index in [1.807, 2.05) is 21.1 Å². The van der Waals surface area contributed by atoms with Gasteiger partial charge in [0.25, 0.3) is 6.29 Å². The van der Waals surface area contributed by atoms with Crippen molar-refractivity contribution in [2.45, 2.75) is 424 Å². The number of carbonyl (C=O) groups excluding carboxylic acids is 2. The van der Waals surface area contributed by atoms with Crippen LogP contribution < -0.4 is 0 Å². The molecule has 0 aromatic rings. The lowest BCUT2D eigenvalue weighted by molar-refractivity contribution is -0.870. The molecule has 9 nitrogen and oxygen atoms in total. The summed E-state index contributed by atoms with van der Waals surface area (Å²) in [7, 11) is 6.00. The van der Waals surface area contributed by atoms with Crippen molar-refractivity contribution in [1.29, 1.82) is 0 Å². The molecule has 546 valence electrons. The molecule has 0 amide bonds. The van der Waals surface area contributed by atoms with E-state index in [-0.39, 0.29) is 38.2 Å². The Morgan fingerprint density at radius 1 is 0.323 bits per heavy atom. The van der Waals surface area contributed by atoms with E-state index in [4.69, 9.17) is 18.9 Å². The Bertz CT molecular complexity index is 1670. The first-order valence-electron chi connectivity index (χ1n) is 40.8. The zero-order valence-corrected chi connectivity index (χ0v) is 62.7. The largest absolute Gasteiger partial charge is 0.477 e. The summed E-state index contributed by atoms with van der Waals surface area (Å²) in [6.45, 7) is 4.94. The zero-order chi connectivity index (χ0) is 67.5. The molecule has 0 rings (SSSR count). The number of ether oxygens (including phenoxy) is 4. The number of hydrogen-bond acceptors (Lipinski definition) is 7. The van der Waals surface area contributed by atoms with Crippen LogP contribution in [0.1, 0.15) is 412 Å². The number of hydrogen-bond donors (Lipinski definition) is 1. The minimum absolute atomic E-state index is 0.176. The molecular weight excluding hydrogens is 1150 g/mol. The molecule has 0 aromatic carbocycles. The average molecular weight is 1310 g/mol. The topological polar surface area (TPSA) is 108 Å². The van der Waals surface area contributed by atoms with Gasteiger partial charge in [-0.15, -0.1) is 0 Å². The summed E-state index contributed by atoms with van der Waals surface area (Å²) in [6, 6.07) is 0. The van der Waals surface area contributed by atoms with E-state index in [0.717, 1.165) is 51.4 Å². The van der Waals surface area contributed by atoms with E-state index in [0.29, 0.717) is 17.4 Å². The van der Waals surface area contributed by atoms with E-state index in [9.17, 15) is 19.5 Å². The molecule has 1 N–H and O–H groups in total. The summed E-state index contributed by atoms with van der Waals surface area (Å²) in [6.07, 6.45) is 95.6. The molecule has 0 bridgehead atoms. The van der Waals surface area contributed by atoms with Crippen LogP contribution in [-0.2, 0) is 33.3 Å². The lowest BCUT2D eigenvalue weighted by atomic mass is 10.0. The van der Waals surface area contributed by atoms with Crippen LogP contribution in [0.3, 0.4) is 0 Å². The smallest absolute Gasteiger partial charge is 0.361 e. The minimum atomic E-state index is -1.51. The maximum atomic E-state index is 13.0. The van der Waals surface area contributed by atoms with Crippen molar-refractivity contribution in [3.05, 3.63) is 48.6 Å². The summed E-state index contributed by atoms with van der Waals surface area (Å²) >= 11 is 0. The van der Waals surface area contributed by atoms with Gasteiger partial charge < -0.3 is 28.5 Å². The van der Waals surface area contributed by atoms with Crippen molar-refractivity contribution in [3.63, 3.8) is 0 Å². The third-order valence-corrected chi connectivity index (χ3v) is 18.6. The number of nitrogens with zero attached hydrogens (tertiary/aromatic N) is 1. The van der Waals surface area contributed by atoms with Crippen LogP contribution in [0.5, 0.6) is 0 Å². The second-order valence-corrected chi connectivity index (χ2v) is 29.1. The Balaban J connectivity index is 3.97. The molecule has 0 spiro atoms. The predicted molar refractivity (Wildman–Crippen MR) is 401 cm³/mol. The number of unbranched alkanes of at least 4 members (excludes halogenated alkanes) is 54. The Hall–Kier alpha value is -2.75. The van der Waals surface area contributed by atoms with Gasteiger partial charge in [-0.25, -0.2) is 4.79 Å². The van der Waals surface area contributed by atoms with Crippen LogP contribution in [0.2, 0.25) is 0 Å². The van der Waals surface area contributed by atoms with Crippen LogP contribution in [0, 0.1) is 0 Å². The molecule has 0 aliphatic carbocycles. The predicted octanol–water partition coefficient (Wildman–Crippen LogP) is 26.0. The highest BCUT2D eigenvalue weighted by molar-refractivity contribution is 5.71. The monoisotopic (exact) mass is 1310 g/mol. The van der Waals surface area contributed by atoms with Crippen molar-refractivity contribution in [2.24, 2.45) is 0 Å². The van der Waals surface area contributed by atoms with Gasteiger partial charge in [-0.2, -0.15) is 0 Å². The molecule has 0 aliphatic rings. The molecule has 0 aliphatic heterocycles. The van der Waals surface area contributed by atoms with Crippen LogP contribution in [0.25, 0.3) is 0 Å². The van der Waals surface area contributed by atoms with Crippen LogP contribution in [0.15, 0.2) is 48.6 Å². The molecule has 0 radical (unpaired) electrons. The Morgan fingerprint density at radius 2 is 0.581 bits per heavy atom. The van der Waals surface area contributed by atoms with Crippen molar-refractivity contribution >= 4 is 17.9 Å². The Labute approximate surface area is 578 Å². The number of likely N-dealkylation sites (N-methyl/N-ethyl adjacent to an activating group) is 1. The highest BCUT2D eigenvalue weighted by Gasteiger charge is 2.25. The van der Waals surface area contributed by atoms with Crippen molar-refractivity contribution in [2.75, 3.05) is 47.5 Å². The van der Waals surface area contributed by atoms with Gasteiger partial charge in [0.15, 0.2) is 6.10 Å². The number of esters is 2. The quantitative estimate of drug-likeness (QED) is 0.0211. The average Bonchev–Trinajstić information content (AvgIpc) is 3.74. The number of aliphatic carboxylic acids is 1. The van der Waals surface area contributed by atoms with Gasteiger partial charge in [0.2, 0.25) is 0 Å². The van der Waals surface area contributed by atoms with Crippen LogP contribution in [0.4, 0.5) is 0 Å². The van der Waals surface area contributed by atoms with E-state index in [2.05, 4.69) is 62.5 Å². The maximum absolute atomic E-state index is 13.0. The fourth-order valence-electron chi connectivity index (χ4n) is 12.3. The second kappa shape index (κ2) is 75.0. The van der Waals surface area contributed by atoms with Gasteiger partial charge in [0, 0.05) is 12.8 Å². The Kier molecular flexibility index (Phi) is 72.8. The molecule has 0 heterocycles. The third-order valence-electron chi connectivity index (χ3n) is 18.6. The number of rotatable bonds is 77. The fraction of sp³-hybridized carbons (Fsp3) is 0.869. The summed E-state index contributed by atoms with van der Waals surface area (Å²) in [5, 5.41) is 9.78. The molecular formula is C84H158NO8+. The summed E-state index contributed by atoms with van der Waals surface area (Å²) in [5.41, 5.74) is 0. The van der Waals surface area contributed by atoms with Gasteiger partial charge in [-0.3, -0.25) is 9.59 Å². The molecule has 0 saturated carbocycles. The number of carbonyl (C=O) groups is 3. The zero-order valence-electron chi connectivity index (χ0n) is 62.7. The van der Waals surface area contributed by atoms with Gasteiger partial charge >= 0.3 is 17.9 Å². The van der Waals surface area contributed by atoms with Gasteiger partial charge in [0.1, 0.15) is 13.2 Å². The number of carboxylic acid groups (broad SMARTS) is 1. The lowest BCUT2D eigenvalue weighted by Gasteiger charge is -2.25. The molecule has 9 heteroatoms. The van der Waals surface area contributed by atoms with E-state index >= 15 is 0 Å². The standard InChI is InChI=1S/C84H157NO8/c1-6-8-10-12-14-16-18-20-22-24-26-28-30-32-34-36-38-40-41-43-44-46-48-50-52-54-56-58-60-62-64-66-68-70-72-74-81(86)91-78-80(79-92-84(83(88)89)90-77-76-85(3,4)5)93-82(87)75-73-71-69-67-65-63-61-59-57-55-53-51-49-47-45-42-39-37-35-33-31-29-27-25-23-21-19-17-15-13-11-9-7-2/h19,21,24-27,31,33,80,84H,6-18,20,22-23,28-30,32,34-79H2,1-5H3/p+1/b21-19-,26-24-,27-25-,33-31-. The molecule has 2 unspecified atom stereocenters. The first kappa shape index (κ1) is 90.2. The summed E-state index contributed by atoms with van der Waals surface area (Å²) < 4.78 is 23.1. The minimum Gasteiger partial charge on any atom is -0.477 e. The molecule has 2 atom stereocenters. The second-order valence-electron chi connectivity index (χ2n) is 29.1. The third kappa shape index (κ3) is 76.5. The molecule has 93 heavy (non-hydrogen) atoms. The highest BCUT2D eigenvalue weighted by atomic mass is 16.7. The van der Waals surface area contributed by atoms with Gasteiger partial charge in [0.05, 0.1) is 34.4 Å². The van der Waals surface area contributed by atoms with E-state index in [1.165, 1.54) is 334 Å². The number of quaternary nitrogens is 1. The van der Waals surface area contributed by atoms with Crippen LogP contribution >= 0.6 is 0 Å². The van der Waals surface area contributed by atoms with Crippen molar-refractivity contribution < 1.29 is 42.9 Å². The highest BCUT2D eigenvalue weighted by Crippen LogP contribution is 2.20. The summed E-state index contributed by atoms with van der Waals surface area (Å²) in [4.78, 5) is 37.7. The SMILES string of the molecule is CCCCCCC/C=C\C/C=C\C/C=C\CCCCCCCCCCCCCCCCCCCCC(=O)OC(COC(=O)CCCCCCCCCCCCCCCCCCCCCCCCC/C=C\CCCCCCCCCC)COC(OCC[N+](C)(C)C)C(=O)O. The first-order chi connectivity index (χ1) is 45.6. The molecule has 0 aromatic heterocycles. The van der Waals surface area contributed by atoms with Crippen LogP contribution in [-0.4, -0.2) is 87.4 Å². The van der Waals surface area contributed by atoms with E-state index in [1.54, 1.807) is 0 Å². The first-order valence-corrected chi connectivity index (χ1v) is 40.8. The molecule has 0 saturated heterocycles. The normalized spacial score (nSPS) is 12.8. The van der Waals surface area contributed by atoms with Crippen molar-refractivity contribution in [3.8, 4) is 0 Å². The fourth-order valence-corrected chi connectivity index (χ4v) is 12.3. The van der Waals surface area contributed by atoms with E-state index < -0.39 is 18.4 Å².